The Bertz CT molecular complexity index is 812. The maximum absolute atomic E-state index is 14.4. The lowest BCUT2D eigenvalue weighted by Gasteiger charge is -2.20. The Kier molecular flexibility index (Phi) is 4.59. The second-order valence-electron chi connectivity index (χ2n) is 5.49. The first kappa shape index (κ1) is 17.2. The van der Waals surface area contributed by atoms with E-state index in [0.717, 1.165) is 6.92 Å². The molecule has 0 bridgehead atoms. The van der Waals surface area contributed by atoms with Gasteiger partial charge < -0.3 is 19.9 Å². The molecule has 1 saturated heterocycles. The van der Waals surface area contributed by atoms with Crippen molar-refractivity contribution in [2.75, 3.05) is 11.9 Å². The van der Waals surface area contributed by atoms with E-state index in [1.165, 1.54) is 24.1 Å². The van der Waals surface area contributed by atoms with Crippen molar-refractivity contribution in [2.24, 2.45) is 0 Å². The van der Waals surface area contributed by atoms with Crippen LogP contribution in [0.2, 0.25) is 0 Å². The highest BCUT2D eigenvalue weighted by Crippen LogP contribution is 2.35. The van der Waals surface area contributed by atoms with Crippen LogP contribution in [0.15, 0.2) is 12.7 Å². The van der Waals surface area contributed by atoms with Crippen molar-refractivity contribution in [1.29, 1.82) is 0 Å². The second-order valence-corrected chi connectivity index (χ2v) is 5.49. The van der Waals surface area contributed by atoms with Crippen LogP contribution in [0.4, 0.5) is 10.2 Å². The van der Waals surface area contributed by atoms with E-state index in [1.54, 1.807) is 0 Å². The summed E-state index contributed by atoms with van der Waals surface area (Å²) in [5.41, 5.74) is 0.525. The maximum Gasteiger partial charge on any atom is 0.303 e. The molecule has 2 aromatic rings. The Balaban J connectivity index is 2.02. The number of amides is 1. The van der Waals surface area contributed by atoms with Gasteiger partial charge in [0.05, 0.1) is 12.9 Å². The topological polar surface area (TPSA) is 128 Å². The fourth-order valence-electron chi connectivity index (χ4n) is 2.68. The average Bonchev–Trinajstić information content (AvgIpc) is 3.09. The van der Waals surface area contributed by atoms with Crippen molar-refractivity contribution < 1.29 is 28.6 Å². The molecule has 0 radical (unpaired) electrons. The number of fused-ring (bicyclic) bond motifs is 1. The number of aliphatic hydroxyl groups excluding tert-OH is 1. The van der Waals surface area contributed by atoms with Crippen LogP contribution in [0.1, 0.15) is 20.1 Å². The smallest absolute Gasteiger partial charge is 0.303 e. The van der Waals surface area contributed by atoms with Gasteiger partial charge in [-0.15, -0.1) is 0 Å². The molecular weight excluding hydrogens is 337 g/mol. The molecule has 0 spiro atoms. The minimum atomic E-state index is -1.71. The first-order chi connectivity index (χ1) is 11.9. The molecule has 25 heavy (non-hydrogen) atoms. The van der Waals surface area contributed by atoms with Crippen LogP contribution in [0.25, 0.3) is 11.2 Å². The lowest BCUT2D eigenvalue weighted by Crippen LogP contribution is -2.33. The number of nitrogens with one attached hydrogen (secondary N) is 1. The van der Waals surface area contributed by atoms with Crippen molar-refractivity contribution in [3.05, 3.63) is 12.7 Å². The van der Waals surface area contributed by atoms with Gasteiger partial charge in [-0.2, -0.15) is 0 Å². The number of carbonyl (C=O) groups is 2. The lowest BCUT2D eigenvalue weighted by molar-refractivity contribution is -0.154. The first-order valence-corrected chi connectivity index (χ1v) is 7.45. The minimum Gasteiger partial charge on any atom is -0.454 e. The van der Waals surface area contributed by atoms with Crippen LogP contribution in [0, 0.1) is 0 Å². The van der Waals surface area contributed by atoms with Gasteiger partial charge >= 0.3 is 5.97 Å². The van der Waals surface area contributed by atoms with Gasteiger partial charge in [0.1, 0.15) is 12.4 Å². The Hall–Kier alpha value is -2.66. The molecule has 1 fully saturated rings. The zero-order valence-electron chi connectivity index (χ0n) is 13.4. The third-order valence-corrected chi connectivity index (χ3v) is 3.67. The van der Waals surface area contributed by atoms with Crippen molar-refractivity contribution in [3.63, 3.8) is 0 Å². The fraction of sp³-hybridized carbons (Fsp3) is 0.500. The summed E-state index contributed by atoms with van der Waals surface area (Å²) in [4.78, 5) is 34.7. The summed E-state index contributed by atoms with van der Waals surface area (Å²) in [5.74, 6) is -0.833. The van der Waals surface area contributed by atoms with E-state index < -0.39 is 37.2 Å². The third-order valence-electron chi connectivity index (χ3n) is 3.67. The summed E-state index contributed by atoms with van der Waals surface area (Å²) in [7, 11) is 0. The van der Waals surface area contributed by atoms with E-state index in [2.05, 4.69) is 20.3 Å². The minimum absolute atomic E-state index is 0.189. The Morgan fingerprint density at radius 2 is 2.16 bits per heavy atom. The third kappa shape index (κ3) is 3.15. The molecule has 0 aliphatic carbocycles. The lowest BCUT2D eigenvalue weighted by atomic mass is 10.1. The number of hydrogen-bond donors (Lipinski definition) is 2. The molecule has 3 heterocycles. The predicted octanol–water partition coefficient (Wildman–Crippen LogP) is -0.0558. The first-order valence-electron chi connectivity index (χ1n) is 7.45. The molecule has 3 rings (SSSR count). The summed E-state index contributed by atoms with van der Waals surface area (Å²) >= 11 is 0. The van der Waals surface area contributed by atoms with Gasteiger partial charge in [-0.25, -0.2) is 19.3 Å². The number of imidazole rings is 1. The molecule has 0 aromatic carbocycles. The van der Waals surface area contributed by atoms with Crippen molar-refractivity contribution in [2.45, 2.75) is 38.5 Å². The molecule has 2 aromatic heterocycles. The monoisotopic (exact) mass is 353 g/mol. The van der Waals surface area contributed by atoms with E-state index in [1.807, 2.05) is 0 Å². The summed E-state index contributed by atoms with van der Waals surface area (Å²) < 4.78 is 26.3. The normalized spacial score (nSPS) is 25.9. The Labute approximate surface area is 141 Å². The van der Waals surface area contributed by atoms with E-state index >= 15 is 0 Å². The van der Waals surface area contributed by atoms with Crippen LogP contribution in [-0.4, -0.2) is 61.5 Å². The van der Waals surface area contributed by atoms with E-state index in [4.69, 9.17) is 9.47 Å². The Morgan fingerprint density at radius 3 is 2.80 bits per heavy atom. The molecule has 2 N–H and O–H groups in total. The SMILES string of the molecule is CC(=O)Nc1ncnc2c1ncn2[C@@H]1O[C@H](CO)[C@H](F)C1OC(C)=O. The van der Waals surface area contributed by atoms with E-state index in [-0.39, 0.29) is 22.9 Å². The average molecular weight is 353 g/mol. The summed E-state index contributed by atoms with van der Waals surface area (Å²) in [6.45, 7) is 1.90. The van der Waals surface area contributed by atoms with E-state index in [9.17, 15) is 19.1 Å². The summed E-state index contributed by atoms with van der Waals surface area (Å²) in [5, 5.41) is 11.8. The number of ether oxygens (including phenoxy) is 2. The Morgan fingerprint density at radius 1 is 1.40 bits per heavy atom. The van der Waals surface area contributed by atoms with E-state index in [0.29, 0.717) is 0 Å². The van der Waals surface area contributed by atoms with Crippen LogP contribution in [0.5, 0.6) is 0 Å². The highest BCUT2D eigenvalue weighted by atomic mass is 19.1. The molecule has 1 aliphatic heterocycles. The van der Waals surface area contributed by atoms with Gasteiger partial charge in [-0.3, -0.25) is 14.2 Å². The molecule has 1 amide bonds. The van der Waals surface area contributed by atoms with Gasteiger partial charge in [0.15, 0.2) is 35.5 Å². The maximum atomic E-state index is 14.4. The van der Waals surface area contributed by atoms with Gasteiger partial charge in [0, 0.05) is 13.8 Å². The number of alkyl halides is 1. The number of nitrogens with zero attached hydrogens (tertiary/aromatic N) is 4. The van der Waals surface area contributed by atoms with Crippen LogP contribution in [0.3, 0.4) is 0 Å². The molecule has 11 heteroatoms. The molecule has 0 saturated carbocycles. The second kappa shape index (κ2) is 6.69. The predicted molar refractivity (Wildman–Crippen MR) is 81.1 cm³/mol. The molecule has 1 aliphatic rings. The zero-order valence-corrected chi connectivity index (χ0v) is 13.4. The number of aromatic nitrogens is 4. The van der Waals surface area contributed by atoms with Gasteiger partial charge in [-0.05, 0) is 0 Å². The van der Waals surface area contributed by atoms with Crippen LogP contribution < -0.4 is 5.32 Å². The fourth-order valence-corrected chi connectivity index (χ4v) is 2.68. The van der Waals surface area contributed by atoms with Gasteiger partial charge in [-0.1, -0.05) is 0 Å². The van der Waals surface area contributed by atoms with Crippen LogP contribution >= 0.6 is 0 Å². The van der Waals surface area contributed by atoms with Gasteiger partial charge in [0.25, 0.3) is 0 Å². The highest BCUT2D eigenvalue weighted by molar-refractivity contribution is 5.95. The number of anilines is 1. The number of esters is 1. The number of halogens is 1. The standard InChI is InChI=1S/C14H16FN5O5/c1-6(22)19-12-10-13(17-4-16-12)20(5-18-10)14-11(24-7(2)23)9(15)8(3-21)25-14/h4-5,8-9,11,14,21H,3H2,1-2H3,(H,16,17,19,22)/t8-,9+,11?,14-/m1/s1. The van der Waals surface area contributed by atoms with Crippen molar-refractivity contribution in [3.8, 4) is 0 Å². The summed E-state index contributed by atoms with van der Waals surface area (Å²) in [6, 6.07) is 0. The molecule has 134 valence electrons. The quantitative estimate of drug-likeness (QED) is 0.732. The number of carbonyl (C=O) groups excluding carboxylic acids is 2. The molecule has 10 nitrogen and oxygen atoms in total. The van der Waals surface area contributed by atoms with Crippen molar-refractivity contribution >= 4 is 28.9 Å². The van der Waals surface area contributed by atoms with Crippen molar-refractivity contribution in [1.82, 2.24) is 19.5 Å². The molecule has 1 unspecified atom stereocenters. The number of aliphatic hydroxyl groups is 1. The number of rotatable bonds is 4. The molecule has 4 atom stereocenters. The highest BCUT2D eigenvalue weighted by Gasteiger charge is 2.48. The summed E-state index contributed by atoms with van der Waals surface area (Å²) in [6.07, 6.45) is -2.68. The van der Waals surface area contributed by atoms with Gasteiger partial charge in [0.2, 0.25) is 5.91 Å². The molecular formula is C14H16FN5O5. The van der Waals surface area contributed by atoms with Crippen LogP contribution in [-0.2, 0) is 19.1 Å². The largest absolute Gasteiger partial charge is 0.454 e. The zero-order chi connectivity index (χ0) is 18.1. The number of hydrogen-bond acceptors (Lipinski definition) is 8.